The van der Waals surface area contributed by atoms with E-state index < -0.39 is 30.1 Å². The van der Waals surface area contributed by atoms with Crippen LogP contribution < -0.4 is 25.5 Å². The highest BCUT2D eigenvalue weighted by molar-refractivity contribution is 5.95. The molecule has 0 aliphatic carbocycles. The molecule has 0 spiro atoms. The molecule has 0 saturated heterocycles. The lowest BCUT2D eigenvalue weighted by atomic mass is 9.95. The van der Waals surface area contributed by atoms with Gasteiger partial charge in [-0.1, -0.05) is 24.3 Å². The van der Waals surface area contributed by atoms with Crippen molar-refractivity contribution < 1.29 is 33.3 Å². The smallest absolute Gasteiger partial charge is 0.337 e. The van der Waals surface area contributed by atoms with Crippen LogP contribution in [0, 0.1) is 5.82 Å². The van der Waals surface area contributed by atoms with Gasteiger partial charge in [0.25, 0.3) is 0 Å². The van der Waals surface area contributed by atoms with E-state index in [9.17, 15) is 19.1 Å². The summed E-state index contributed by atoms with van der Waals surface area (Å²) in [6.45, 7) is 3.54. The molecule has 2 aromatic carbocycles. The molecule has 2 aromatic rings. The van der Waals surface area contributed by atoms with E-state index in [2.05, 4.69) is 21.2 Å². The van der Waals surface area contributed by atoms with E-state index in [-0.39, 0.29) is 17.7 Å². The molecule has 0 radical (unpaired) electrons. The first-order valence-corrected chi connectivity index (χ1v) is 10.8. The number of esters is 1. The predicted octanol–water partition coefficient (Wildman–Crippen LogP) is 2.35. The van der Waals surface area contributed by atoms with E-state index in [1.165, 1.54) is 19.4 Å². The zero-order valence-corrected chi connectivity index (χ0v) is 19.5. The van der Waals surface area contributed by atoms with Gasteiger partial charge in [0.1, 0.15) is 12.4 Å². The largest absolute Gasteiger partial charge is 0.490 e. The van der Waals surface area contributed by atoms with Gasteiger partial charge in [0.15, 0.2) is 17.7 Å². The maximum absolute atomic E-state index is 13.6. The molecule has 35 heavy (non-hydrogen) atoms. The minimum absolute atomic E-state index is 0.190. The summed E-state index contributed by atoms with van der Waals surface area (Å²) in [6, 6.07) is 9.79. The first-order chi connectivity index (χ1) is 16.8. The van der Waals surface area contributed by atoms with E-state index in [4.69, 9.17) is 14.2 Å². The summed E-state index contributed by atoms with van der Waals surface area (Å²) < 4.78 is 29.8. The Morgan fingerprint density at radius 1 is 1.26 bits per heavy atom. The van der Waals surface area contributed by atoms with Crippen LogP contribution in [0.15, 0.2) is 58.8 Å². The van der Waals surface area contributed by atoms with Gasteiger partial charge >= 0.3 is 12.0 Å². The van der Waals surface area contributed by atoms with Gasteiger partial charge in [0, 0.05) is 11.3 Å². The second kappa shape index (κ2) is 11.8. The molecule has 2 amide bonds. The van der Waals surface area contributed by atoms with Crippen LogP contribution in [-0.4, -0.2) is 49.9 Å². The summed E-state index contributed by atoms with van der Waals surface area (Å²) in [5.74, 6) is -0.337. The van der Waals surface area contributed by atoms with Crippen LogP contribution in [0.25, 0.3) is 0 Å². The number of nitrogens with zero attached hydrogens (tertiary/aromatic N) is 1. The van der Waals surface area contributed by atoms with Crippen LogP contribution in [0.3, 0.4) is 0 Å². The molecule has 0 unspecified atom stereocenters. The molecular weight excluding hydrogens is 459 g/mol. The normalized spacial score (nSPS) is 16.4. The number of hydrogen-bond donors (Lipinski definition) is 4. The maximum atomic E-state index is 13.6. The van der Waals surface area contributed by atoms with Crippen molar-refractivity contribution in [1.82, 2.24) is 16.1 Å². The van der Waals surface area contributed by atoms with Crippen molar-refractivity contribution in [2.24, 2.45) is 5.10 Å². The molecule has 0 saturated carbocycles. The van der Waals surface area contributed by atoms with Gasteiger partial charge in [-0.05, 0) is 37.6 Å². The van der Waals surface area contributed by atoms with Crippen molar-refractivity contribution in [3.05, 3.63) is 70.7 Å². The van der Waals surface area contributed by atoms with Gasteiger partial charge in [-0.25, -0.2) is 14.0 Å². The summed E-state index contributed by atoms with van der Waals surface area (Å²) in [6.07, 6.45) is 0.0631. The molecule has 2 atom stereocenters. The van der Waals surface area contributed by atoms with Crippen molar-refractivity contribution in [2.45, 2.75) is 26.1 Å². The number of urea groups is 1. The van der Waals surface area contributed by atoms with Crippen molar-refractivity contribution in [2.75, 3.05) is 20.3 Å². The van der Waals surface area contributed by atoms with E-state index in [0.717, 1.165) is 0 Å². The number of methoxy groups -OCH3 is 1. The summed E-state index contributed by atoms with van der Waals surface area (Å²) in [4.78, 5) is 24.4. The number of hydrogen-bond acceptors (Lipinski definition) is 8. The fourth-order valence-electron chi connectivity index (χ4n) is 3.39. The molecule has 11 heteroatoms. The second-order valence-corrected chi connectivity index (χ2v) is 7.44. The number of carbonyl (C=O) groups is 2. The summed E-state index contributed by atoms with van der Waals surface area (Å²) in [5, 5.41) is 19.2. The number of rotatable bonds is 10. The average molecular weight is 487 g/mol. The first-order valence-electron chi connectivity index (χ1n) is 10.8. The standard InChI is InChI=1S/C24H27FN4O6/c1-4-34-19-11-15(22-21(23(31)33-3)14(2)27-24(32)28-22)9-10-18(19)35-13-20(30)29-26-12-16-7-5-6-8-17(16)25/h5-12,20,22,29-30H,4,13H2,1-3H3,(H2,27,28,32)/b26-12-/t20-,22-/m1/s1. The first kappa shape index (κ1) is 25.5. The Morgan fingerprint density at radius 3 is 2.74 bits per heavy atom. The van der Waals surface area contributed by atoms with Crippen LogP contribution in [0.4, 0.5) is 9.18 Å². The van der Waals surface area contributed by atoms with E-state index in [0.29, 0.717) is 29.4 Å². The summed E-state index contributed by atoms with van der Waals surface area (Å²) in [5.41, 5.74) is 3.94. The lowest BCUT2D eigenvalue weighted by molar-refractivity contribution is -0.136. The number of ether oxygens (including phenoxy) is 3. The number of amides is 2. The molecule has 1 aliphatic heterocycles. The predicted molar refractivity (Wildman–Crippen MR) is 125 cm³/mol. The molecular formula is C24H27FN4O6. The van der Waals surface area contributed by atoms with Crippen molar-refractivity contribution in [3.8, 4) is 11.5 Å². The molecule has 0 bridgehead atoms. The Labute approximate surface area is 201 Å². The van der Waals surface area contributed by atoms with Crippen molar-refractivity contribution in [1.29, 1.82) is 0 Å². The molecule has 3 rings (SSSR count). The Kier molecular flexibility index (Phi) is 8.63. The van der Waals surface area contributed by atoms with Crippen molar-refractivity contribution in [3.63, 3.8) is 0 Å². The number of aliphatic hydroxyl groups is 1. The second-order valence-electron chi connectivity index (χ2n) is 7.44. The van der Waals surface area contributed by atoms with Crippen LogP contribution >= 0.6 is 0 Å². The highest BCUT2D eigenvalue weighted by Gasteiger charge is 2.32. The van der Waals surface area contributed by atoms with Crippen molar-refractivity contribution >= 4 is 18.2 Å². The monoisotopic (exact) mass is 486 g/mol. The number of nitrogens with one attached hydrogen (secondary N) is 3. The molecule has 0 fully saturated rings. The molecule has 0 aromatic heterocycles. The van der Waals surface area contributed by atoms with Crippen LogP contribution in [0.2, 0.25) is 0 Å². The Bertz CT molecular complexity index is 1140. The zero-order valence-electron chi connectivity index (χ0n) is 19.5. The fourth-order valence-corrected chi connectivity index (χ4v) is 3.39. The Balaban J connectivity index is 1.72. The Morgan fingerprint density at radius 2 is 2.03 bits per heavy atom. The number of hydrazone groups is 1. The lowest BCUT2D eigenvalue weighted by Crippen LogP contribution is -2.45. The lowest BCUT2D eigenvalue weighted by Gasteiger charge is -2.28. The molecule has 1 aliphatic rings. The van der Waals surface area contributed by atoms with Gasteiger partial charge in [-0.2, -0.15) is 5.10 Å². The molecule has 186 valence electrons. The van der Waals surface area contributed by atoms with Gasteiger partial charge in [0.2, 0.25) is 0 Å². The maximum Gasteiger partial charge on any atom is 0.337 e. The molecule has 1 heterocycles. The molecule has 4 N–H and O–H groups in total. The number of benzene rings is 2. The highest BCUT2D eigenvalue weighted by atomic mass is 19.1. The van der Waals surface area contributed by atoms with E-state index in [1.807, 2.05) is 0 Å². The Hall–Kier alpha value is -4.12. The quantitative estimate of drug-likeness (QED) is 0.176. The SMILES string of the molecule is CCOc1cc([C@H]2NC(=O)NC(C)=C2C(=O)OC)ccc1OC[C@@H](O)N/N=C\c1ccccc1F. The van der Waals surface area contributed by atoms with Gasteiger partial charge in [-0.15, -0.1) is 0 Å². The third-order valence-corrected chi connectivity index (χ3v) is 5.00. The number of halogens is 1. The topological polar surface area (TPSA) is 131 Å². The van der Waals surface area contributed by atoms with Crippen LogP contribution in [0.1, 0.15) is 31.0 Å². The van der Waals surface area contributed by atoms with Gasteiger partial charge in [0.05, 0.1) is 31.5 Å². The third kappa shape index (κ3) is 6.48. The minimum atomic E-state index is -1.19. The van der Waals surface area contributed by atoms with Crippen LogP contribution in [0.5, 0.6) is 11.5 Å². The number of carbonyl (C=O) groups excluding carboxylic acids is 2. The van der Waals surface area contributed by atoms with E-state index >= 15 is 0 Å². The van der Waals surface area contributed by atoms with Crippen LogP contribution in [-0.2, 0) is 9.53 Å². The average Bonchev–Trinajstić information content (AvgIpc) is 2.83. The van der Waals surface area contributed by atoms with Gasteiger partial charge < -0.3 is 30.0 Å². The minimum Gasteiger partial charge on any atom is -0.490 e. The number of aliphatic hydroxyl groups excluding tert-OH is 1. The third-order valence-electron chi connectivity index (χ3n) is 5.00. The summed E-state index contributed by atoms with van der Waals surface area (Å²) >= 11 is 0. The fraction of sp³-hybridized carbons (Fsp3) is 0.292. The summed E-state index contributed by atoms with van der Waals surface area (Å²) in [7, 11) is 1.26. The van der Waals surface area contributed by atoms with Gasteiger partial charge in [-0.3, -0.25) is 5.43 Å². The molecule has 10 nitrogen and oxygen atoms in total. The number of allylic oxidation sites excluding steroid dienone is 1. The zero-order chi connectivity index (χ0) is 25.4. The van der Waals surface area contributed by atoms with E-state index in [1.54, 1.807) is 50.2 Å². The highest BCUT2D eigenvalue weighted by Crippen LogP contribution is 2.34.